The molecule has 0 atom stereocenters. The maximum absolute atomic E-state index is 10.4. The second kappa shape index (κ2) is 5.53. The van der Waals surface area contributed by atoms with Crippen molar-refractivity contribution in [1.29, 1.82) is 0 Å². The van der Waals surface area contributed by atoms with E-state index < -0.39 is 4.92 Å². The molecule has 0 heterocycles. The van der Waals surface area contributed by atoms with Crippen LogP contribution in [0.15, 0.2) is 18.2 Å². The van der Waals surface area contributed by atoms with Crippen LogP contribution in [-0.2, 0) is 4.74 Å². The predicted octanol–water partition coefficient (Wildman–Crippen LogP) is 2.62. The molecule has 0 saturated carbocycles. The number of nitro benzene ring substituents is 1. The molecule has 0 spiro atoms. The Bertz CT molecular complexity index is 356. The van der Waals surface area contributed by atoms with Gasteiger partial charge in [-0.15, -0.1) is 0 Å². The lowest BCUT2D eigenvalue weighted by atomic mass is 10.3. The summed E-state index contributed by atoms with van der Waals surface area (Å²) in [5, 5.41) is 10.5. The van der Waals surface area contributed by atoms with E-state index in [9.17, 15) is 10.1 Å². The minimum absolute atomic E-state index is 0.0500. The summed E-state index contributed by atoms with van der Waals surface area (Å²) >= 11 is 5.67. The van der Waals surface area contributed by atoms with Gasteiger partial charge in [0, 0.05) is 18.7 Å². The van der Waals surface area contributed by atoms with Crippen molar-refractivity contribution in [1.82, 2.24) is 0 Å². The Labute approximate surface area is 91.7 Å². The first-order valence-corrected chi connectivity index (χ1v) is 4.67. The first-order valence-electron chi connectivity index (χ1n) is 4.29. The summed E-state index contributed by atoms with van der Waals surface area (Å²) in [6.07, 6.45) is 0. The minimum Gasteiger partial charge on any atom is -0.467 e. The molecule has 0 aromatic heterocycles. The van der Waals surface area contributed by atoms with Crippen LogP contribution in [0.25, 0.3) is 0 Å². The van der Waals surface area contributed by atoms with Crippen LogP contribution in [0.4, 0.5) is 5.69 Å². The first-order chi connectivity index (χ1) is 7.15. The summed E-state index contributed by atoms with van der Waals surface area (Å²) in [5.74, 6) is 0.444. The third kappa shape index (κ3) is 3.38. The first kappa shape index (κ1) is 11.7. The van der Waals surface area contributed by atoms with E-state index in [1.54, 1.807) is 0 Å². The molecule has 5 nitrogen and oxygen atoms in total. The molecule has 1 aromatic rings. The van der Waals surface area contributed by atoms with E-state index in [2.05, 4.69) is 0 Å². The number of benzene rings is 1. The molecule has 0 unspecified atom stereocenters. The molecule has 0 saturated heterocycles. The molecule has 82 valence electrons. The van der Waals surface area contributed by atoms with Crippen LogP contribution in [0.5, 0.6) is 5.75 Å². The topological polar surface area (TPSA) is 61.6 Å². The fourth-order valence-corrected chi connectivity index (χ4v) is 1.16. The second-order valence-electron chi connectivity index (χ2n) is 2.63. The van der Waals surface area contributed by atoms with Crippen molar-refractivity contribution in [3.8, 4) is 5.75 Å². The van der Waals surface area contributed by atoms with Gasteiger partial charge in [0.05, 0.1) is 4.92 Å². The largest absolute Gasteiger partial charge is 0.467 e. The van der Waals surface area contributed by atoms with Crippen molar-refractivity contribution in [2.75, 3.05) is 13.4 Å². The number of halogens is 1. The Morgan fingerprint density at radius 1 is 1.53 bits per heavy atom. The highest BCUT2D eigenvalue weighted by molar-refractivity contribution is 6.32. The highest BCUT2D eigenvalue weighted by Gasteiger charge is 2.12. The van der Waals surface area contributed by atoms with Gasteiger partial charge >= 0.3 is 0 Å². The Hall–Kier alpha value is -1.33. The van der Waals surface area contributed by atoms with Crippen LogP contribution in [0.3, 0.4) is 0 Å². The van der Waals surface area contributed by atoms with E-state index in [-0.39, 0.29) is 17.5 Å². The van der Waals surface area contributed by atoms with Crippen LogP contribution in [-0.4, -0.2) is 18.3 Å². The van der Waals surface area contributed by atoms with Crippen LogP contribution >= 0.6 is 11.6 Å². The van der Waals surface area contributed by atoms with Gasteiger partial charge in [-0.3, -0.25) is 10.1 Å². The molecule has 1 aromatic carbocycles. The number of hydrogen-bond donors (Lipinski definition) is 0. The van der Waals surface area contributed by atoms with Crippen molar-refractivity contribution in [3.05, 3.63) is 33.3 Å². The van der Waals surface area contributed by atoms with Gasteiger partial charge in [-0.25, -0.2) is 0 Å². The third-order valence-electron chi connectivity index (χ3n) is 1.63. The van der Waals surface area contributed by atoms with Crippen molar-refractivity contribution >= 4 is 17.3 Å². The zero-order chi connectivity index (χ0) is 11.3. The SMILES string of the molecule is CCOCOc1ccc([N+](=O)[O-])c(Cl)c1. The molecular weight excluding hydrogens is 222 g/mol. The standard InChI is InChI=1S/C9H10ClNO4/c1-2-14-6-15-7-3-4-9(11(12)13)8(10)5-7/h3-5H,2,6H2,1H3. The Kier molecular flexibility index (Phi) is 4.33. The number of hydrogen-bond acceptors (Lipinski definition) is 4. The molecule has 0 bridgehead atoms. The van der Waals surface area contributed by atoms with Crippen molar-refractivity contribution in [2.45, 2.75) is 6.92 Å². The maximum Gasteiger partial charge on any atom is 0.288 e. The van der Waals surface area contributed by atoms with E-state index in [4.69, 9.17) is 21.1 Å². The van der Waals surface area contributed by atoms with Crippen molar-refractivity contribution < 1.29 is 14.4 Å². The van der Waals surface area contributed by atoms with Gasteiger partial charge in [-0.1, -0.05) is 11.6 Å². The smallest absolute Gasteiger partial charge is 0.288 e. The summed E-state index contributed by atoms with van der Waals surface area (Å²) in [5.41, 5.74) is -0.138. The monoisotopic (exact) mass is 231 g/mol. The van der Waals surface area contributed by atoms with Crippen LogP contribution < -0.4 is 4.74 Å². The normalized spacial score (nSPS) is 10.0. The summed E-state index contributed by atoms with van der Waals surface area (Å²) in [6.45, 7) is 2.48. The fraction of sp³-hybridized carbons (Fsp3) is 0.333. The highest BCUT2D eigenvalue weighted by atomic mass is 35.5. The Morgan fingerprint density at radius 2 is 2.27 bits per heavy atom. The molecule has 0 aliphatic rings. The lowest BCUT2D eigenvalue weighted by Gasteiger charge is -2.05. The van der Waals surface area contributed by atoms with Crippen LogP contribution in [0.1, 0.15) is 6.92 Å². The molecule has 1 rings (SSSR count). The summed E-state index contributed by atoms with van der Waals surface area (Å²) in [4.78, 5) is 9.90. The molecular formula is C9H10ClNO4. The van der Waals surface area contributed by atoms with Gasteiger partial charge in [-0.05, 0) is 13.0 Å². The lowest BCUT2D eigenvalue weighted by molar-refractivity contribution is -0.384. The summed E-state index contributed by atoms with van der Waals surface area (Å²) in [7, 11) is 0. The number of nitrogens with zero attached hydrogens (tertiary/aromatic N) is 1. The zero-order valence-corrected chi connectivity index (χ0v) is 8.86. The fourth-order valence-electron chi connectivity index (χ4n) is 0.919. The molecule has 6 heteroatoms. The van der Waals surface area contributed by atoms with Crippen molar-refractivity contribution in [2.24, 2.45) is 0 Å². The molecule has 0 amide bonds. The van der Waals surface area contributed by atoms with Gasteiger partial charge in [0.1, 0.15) is 10.8 Å². The van der Waals surface area contributed by atoms with Crippen LogP contribution in [0, 0.1) is 10.1 Å². The van der Waals surface area contributed by atoms with E-state index in [1.807, 2.05) is 6.92 Å². The minimum atomic E-state index is -0.547. The molecule has 0 aliphatic heterocycles. The number of rotatable bonds is 5. The molecule has 15 heavy (non-hydrogen) atoms. The van der Waals surface area contributed by atoms with E-state index in [1.165, 1.54) is 18.2 Å². The van der Waals surface area contributed by atoms with E-state index in [0.29, 0.717) is 12.4 Å². The number of nitro groups is 1. The zero-order valence-electron chi connectivity index (χ0n) is 8.10. The quantitative estimate of drug-likeness (QED) is 0.338. The lowest BCUT2D eigenvalue weighted by Crippen LogP contribution is -2.02. The van der Waals surface area contributed by atoms with Gasteiger partial charge in [0.25, 0.3) is 5.69 Å². The van der Waals surface area contributed by atoms with Gasteiger partial charge in [0.2, 0.25) is 0 Å². The van der Waals surface area contributed by atoms with Gasteiger partial charge in [0.15, 0.2) is 6.79 Å². The Morgan fingerprint density at radius 3 is 2.80 bits per heavy atom. The predicted molar refractivity (Wildman–Crippen MR) is 55.2 cm³/mol. The summed E-state index contributed by atoms with van der Waals surface area (Å²) < 4.78 is 10.1. The van der Waals surface area contributed by atoms with Crippen LogP contribution in [0.2, 0.25) is 5.02 Å². The average molecular weight is 232 g/mol. The maximum atomic E-state index is 10.4. The molecule has 0 aliphatic carbocycles. The van der Waals surface area contributed by atoms with E-state index in [0.717, 1.165) is 0 Å². The van der Waals surface area contributed by atoms with Gasteiger partial charge < -0.3 is 9.47 Å². The van der Waals surface area contributed by atoms with E-state index >= 15 is 0 Å². The molecule has 0 N–H and O–H groups in total. The molecule has 0 fully saturated rings. The Balaban J connectivity index is 2.69. The van der Waals surface area contributed by atoms with Crippen molar-refractivity contribution in [3.63, 3.8) is 0 Å². The third-order valence-corrected chi connectivity index (χ3v) is 1.93. The highest BCUT2D eigenvalue weighted by Crippen LogP contribution is 2.28. The number of ether oxygens (including phenoxy) is 2. The van der Waals surface area contributed by atoms with Gasteiger partial charge in [-0.2, -0.15) is 0 Å². The average Bonchev–Trinajstić information content (AvgIpc) is 2.17. The second-order valence-corrected chi connectivity index (χ2v) is 3.03. The molecule has 0 radical (unpaired) electrons. The summed E-state index contributed by atoms with van der Waals surface area (Å²) in [6, 6.07) is 4.16.